The monoisotopic (exact) mass is 268 g/mol. The molecule has 0 aromatic carbocycles. The molecule has 0 radical (unpaired) electrons. The van der Waals surface area contributed by atoms with Crippen LogP contribution in [0.3, 0.4) is 0 Å². The predicted octanol–water partition coefficient (Wildman–Crippen LogP) is 1.89. The first-order valence-electron chi connectivity index (χ1n) is 7.62. The first kappa shape index (κ1) is 13.4. The van der Waals surface area contributed by atoms with E-state index in [9.17, 15) is 9.90 Å². The van der Waals surface area contributed by atoms with Gasteiger partial charge < -0.3 is 14.6 Å². The molecule has 5 atom stereocenters. The molecule has 2 aliphatic carbocycles. The van der Waals surface area contributed by atoms with E-state index in [-0.39, 0.29) is 18.0 Å². The molecule has 2 saturated carbocycles. The first-order valence-corrected chi connectivity index (χ1v) is 7.62. The van der Waals surface area contributed by atoms with E-state index >= 15 is 0 Å². The summed E-state index contributed by atoms with van der Waals surface area (Å²) in [7, 11) is 0. The minimum absolute atomic E-state index is 0.0967. The van der Waals surface area contributed by atoms with Crippen molar-refractivity contribution in [3.05, 3.63) is 0 Å². The molecular formula is C15H24O4. The van der Waals surface area contributed by atoms with Gasteiger partial charge in [-0.3, -0.25) is 4.79 Å². The van der Waals surface area contributed by atoms with E-state index in [0.717, 1.165) is 25.7 Å². The van der Waals surface area contributed by atoms with Crippen LogP contribution in [0, 0.1) is 17.8 Å². The summed E-state index contributed by atoms with van der Waals surface area (Å²) in [6, 6.07) is 0. The van der Waals surface area contributed by atoms with Crippen molar-refractivity contribution < 1.29 is 19.4 Å². The molecule has 2 heterocycles. The van der Waals surface area contributed by atoms with Crippen LogP contribution in [0.25, 0.3) is 0 Å². The zero-order chi connectivity index (χ0) is 13.4. The van der Waals surface area contributed by atoms with Gasteiger partial charge in [0.25, 0.3) is 0 Å². The van der Waals surface area contributed by atoms with Crippen molar-refractivity contribution in [2.45, 2.75) is 63.8 Å². The van der Waals surface area contributed by atoms with E-state index in [2.05, 4.69) is 0 Å². The first-order chi connectivity index (χ1) is 9.11. The van der Waals surface area contributed by atoms with Crippen molar-refractivity contribution in [2.75, 3.05) is 6.61 Å². The van der Waals surface area contributed by atoms with Crippen LogP contribution in [-0.4, -0.2) is 36.0 Å². The largest absolute Gasteiger partial charge is 0.465 e. The Balaban J connectivity index is 1.41. The molecule has 4 nitrogen and oxygen atoms in total. The summed E-state index contributed by atoms with van der Waals surface area (Å²) < 4.78 is 11.0. The SMILES string of the molecule is C[C@H]1CCC(C(=O)OCC2CC3CC(C2)O3)CC1O. The topological polar surface area (TPSA) is 55.8 Å². The highest BCUT2D eigenvalue weighted by Gasteiger charge is 2.40. The fraction of sp³-hybridized carbons (Fsp3) is 0.933. The van der Waals surface area contributed by atoms with E-state index in [4.69, 9.17) is 9.47 Å². The second kappa shape index (κ2) is 5.41. The van der Waals surface area contributed by atoms with Gasteiger partial charge in [-0.25, -0.2) is 0 Å². The Kier molecular flexibility index (Phi) is 3.81. The van der Waals surface area contributed by atoms with Gasteiger partial charge in [0.1, 0.15) is 0 Å². The fourth-order valence-electron chi connectivity index (χ4n) is 3.66. The molecule has 0 aromatic heterocycles. The Labute approximate surface area is 114 Å². The fourth-order valence-corrected chi connectivity index (χ4v) is 3.66. The van der Waals surface area contributed by atoms with Crippen LogP contribution in [-0.2, 0) is 14.3 Å². The van der Waals surface area contributed by atoms with Crippen molar-refractivity contribution in [3.63, 3.8) is 0 Å². The quantitative estimate of drug-likeness (QED) is 0.794. The number of hydrogen-bond donors (Lipinski definition) is 1. The molecule has 108 valence electrons. The highest BCUT2D eigenvalue weighted by Crippen LogP contribution is 2.38. The standard InChI is InChI=1S/C15H24O4/c1-9-2-3-11(6-14(9)16)15(17)18-8-10-4-12-7-13(5-10)19-12/h9-14,16H,2-8H2,1H3/t9-,10?,11?,12?,13?,14?/m0/s1. The Morgan fingerprint density at radius 3 is 2.53 bits per heavy atom. The zero-order valence-corrected chi connectivity index (χ0v) is 11.6. The summed E-state index contributed by atoms with van der Waals surface area (Å²) in [5, 5.41) is 9.83. The maximum atomic E-state index is 12.0. The van der Waals surface area contributed by atoms with Crippen molar-refractivity contribution >= 4 is 5.97 Å². The molecule has 2 bridgehead atoms. The summed E-state index contributed by atoms with van der Waals surface area (Å²) in [6.45, 7) is 2.58. The molecule has 19 heavy (non-hydrogen) atoms. The number of aliphatic hydroxyl groups excluding tert-OH is 1. The highest BCUT2D eigenvalue weighted by atomic mass is 16.5. The molecule has 0 amide bonds. The van der Waals surface area contributed by atoms with Crippen molar-refractivity contribution in [2.24, 2.45) is 17.8 Å². The third-order valence-electron chi connectivity index (χ3n) is 5.05. The van der Waals surface area contributed by atoms with E-state index in [1.165, 1.54) is 6.42 Å². The summed E-state index contributed by atoms with van der Waals surface area (Å²) >= 11 is 0. The number of fused-ring (bicyclic) bond motifs is 2. The maximum absolute atomic E-state index is 12.0. The molecule has 4 fully saturated rings. The smallest absolute Gasteiger partial charge is 0.309 e. The average molecular weight is 268 g/mol. The van der Waals surface area contributed by atoms with Gasteiger partial charge in [-0.2, -0.15) is 0 Å². The van der Waals surface area contributed by atoms with Crippen LogP contribution in [0.2, 0.25) is 0 Å². The molecule has 0 aromatic rings. The normalized spacial score (nSPS) is 45.4. The number of hydrogen-bond acceptors (Lipinski definition) is 4. The number of aliphatic hydroxyl groups is 1. The zero-order valence-electron chi connectivity index (χ0n) is 11.6. The van der Waals surface area contributed by atoms with Crippen LogP contribution >= 0.6 is 0 Å². The molecule has 2 aliphatic heterocycles. The lowest BCUT2D eigenvalue weighted by molar-refractivity contribution is -0.184. The summed E-state index contributed by atoms with van der Waals surface area (Å²) in [5.41, 5.74) is 0. The number of esters is 1. The van der Waals surface area contributed by atoms with Crippen LogP contribution in [0.1, 0.15) is 45.4 Å². The van der Waals surface area contributed by atoms with Gasteiger partial charge in [0.15, 0.2) is 0 Å². The van der Waals surface area contributed by atoms with E-state index < -0.39 is 0 Å². The lowest BCUT2D eigenvalue weighted by Crippen LogP contribution is -2.46. The molecule has 4 aliphatic rings. The van der Waals surface area contributed by atoms with Gasteiger partial charge in [0.2, 0.25) is 0 Å². The van der Waals surface area contributed by atoms with Crippen LogP contribution < -0.4 is 0 Å². The average Bonchev–Trinajstić information content (AvgIpc) is 2.38. The minimum atomic E-state index is -0.345. The van der Waals surface area contributed by atoms with Crippen molar-refractivity contribution in [1.29, 1.82) is 0 Å². The number of rotatable bonds is 3. The van der Waals surface area contributed by atoms with Crippen LogP contribution in [0.5, 0.6) is 0 Å². The van der Waals surface area contributed by atoms with E-state index in [1.54, 1.807) is 0 Å². The number of carbonyl (C=O) groups is 1. The maximum Gasteiger partial charge on any atom is 0.309 e. The number of ether oxygens (including phenoxy) is 2. The molecule has 4 unspecified atom stereocenters. The van der Waals surface area contributed by atoms with E-state index in [1.807, 2.05) is 6.92 Å². The van der Waals surface area contributed by atoms with Crippen molar-refractivity contribution in [1.82, 2.24) is 0 Å². The van der Waals surface area contributed by atoms with Crippen LogP contribution in [0.4, 0.5) is 0 Å². The second-order valence-corrected chi connectivity index (χ2v) is 6.64. The third kappa shape index (κ3) is 2.95. The predicted molar refractivity (Wildman–Crippen MR) is 69.5 cm³/mol. The molecule has 2 saturated heterocycles. The number of carbonyl (C=O) groups excluding carboxylic acids is 1. The molecule has 4 heteroatoms. The Hall–Kier alpha value is -0.610. The highest BCUT2D eigenvalue weighted by molar-refractivity contribution is 5.72. The van der Waals surface area contributed by atoms with Gasteiger partial charge in [0, 0.05) is 0 Å². The molecule has 1 N–H and O–H groups in total. The summed E-state index contributed by atoms with van der Waals surface area (Å²) in [6.07, 6.45) is 6.10. The van der Waals surface area contributed by atoms with Gasteiger partial charge in [-0.1, -0.05) is 6.92 Å². The third-order valence-corrected chi connectivity index (χ3v) is 5.05. The summed E-state index contributed by atoms with van der Waals surface area (Å²) in [4.78, 5) is 12.0. The Bertz CT molecular complexity index is 327. The lowest BCUT2D eigenvalue weighted by Gasteiger charge is -2.45. The van der Waals surface area contributed by atoms with Gasteiger partial charge in [0.05, 0.1) is 30.8 Å². The molecule has 4 rings (SSSR count). The Morgan fingerprint density at radius 2 is 1.89 bits per heavy atom. The van der Waals surface area contributed by atoms with Crippen LogP contribution in [0.15, 0.2) is 0 Å². The Morgan fingerprint density at radius 1 is 1.21 bits per heavy atom. The lowest BCUT2D eigenvalue weighted by atomic mass is 9.80. The van der Waals surface area contributed by atoms with Crippen molar-refractivity contribution in [3.8, 4) is 0 Å². The van der Waals surface area contributed by atoms with Gasteiger partial charge in [-0.05, 0) is 50.4 Å². The molecule has 0 spiro atoms. The van der Waals surface area contributed by atoms with Gasteiger partial charge >= 0.3 is 5.97 Å². The van der Waals surface area contributed by atoms with E-state index in [0.29, 0.717) is 37.1 Å². The van der Waals surface area contributed by atoms with Gasteiger partial charge in [-0.15, -0.1) is 0 Å². The minimum Gasteiger partial charge on any atom is -0.465 e. The summed E-state index contributed by atoms with van der Waals surface area (Å²) in [5.74, 6) is 0.590. The second-order valence-electron chi connectivity index (χ2n) is 6.64. The molecular weight excluding hydrogens is 244 g/mol.